The van der Waals surface area contributed by atoms with Crippen molar-refractivity contribution in [1.29, 1.82) is 0 Å². The first-order valence-corrected chi connectivity index (χ1v) is 3.82. The minimum absolute atomic E-state index is 0.299. The second-order valence-corrected chi connectivity index (χ2v) is 3.06. The fourth-order valence-corrected chi connectivity index (χ4v) is 1.50. The Bertz CT molecular complexity index is 203. The predicted molar refractivity (Wildman–Crippen MR) is 41.7 cm³/mol. The molecule has 1 heterocycles. The zero-order valence-corrected chi connectivity index (χ0v) is 7.00. The number of carboxylic acids is 1. The quantitative estimate of drug-likeness (QED) is 0.511. The summed E-state index contributed by atoms with van der Waals surface area (Å²) in [6.07, 6.45) is 0. The van der Waals surface area contributed by atoms with Crippen molar-refractivity contribution in [3.05, 3.63) is 0 Å². The van der Waals surface area contributed by atoms with Gasteiger partial charge in [0.25, 0.3) is 0 Å². The van der Waals surface area contributed by atoms with Crippen LogP contribution in [0.5, 0.6) is 0 Å². The molecule has 3 N–H and O–H groups in total. The summed E-state index contributed by atoms with van der Waals surface area (Å²) in [5.74, 6) is -1.44. The first-order valence-electron chi connectivity index (χ1n) is 3.82. The highest BCUT2D eigenvalue weighted by molar-refractivity contribution is 5.80. The van der Waals surface area contributed by atoms with Crippen LogP contribution in [-0.4, -0.2) is 29.2 Å². The van der Waals surface area contributed by atoms with Crippen LogP contribution < -0.4 is 10.6 Å². The van der Waals surface area contributed by atoms with Crippen molar-refractivity contribution in [3.8, 4) is 0 Å². The zero-order chi connectivity index (χ0) is 9.30. The molecular formula is C7H12N2O3. The van der Waals surface area contributed by atoms with Crippen molar-refractivity contribution >= 4 is 12.0 Å². The van der Waals surface area contributed by atoms with Crippen molar-refractivity contribution in [2.45, 2.75) is 25.9 Å². The Kier molecular flexibility index (Phi) is 2.21. The summed E-state index contributed by atoms with van der Waals surface area (Å²) in [4.78, 5) is 21.5. The van der Waals surface area contributed by atoms with E-state index in [1.165, 1.54) is 0 Å². The number of rotatable bonds is 1. The fraction of sp³-hybridized carbons (Fsp3) is 0.714. The number of urea groups is 1. The number of amides is 2. The molecule has 1 fully saturated rings. The van der Waals surface area contributed by atoms with Crippen LogP contribution in [0.1, 0.15) is 13.8 Å². The van der Waals surface area contributed by atoms with E-state index in [9.17, 15) is 9.59 Å². The summed E-state index contributed by atoms with van der Waals surface area (Å²) < 4.78 is 0. The highest BCUT2D eigenvalue weighted by Crippen LogP contribution is 2.13. The summed E-state index contributed by atoms with van der Waals surface area (Å²) >= 11 is 0. The van der Waals surface area contributed by atoms with Gasteiger partial charge in [-0.3, -0.25) is 4.79 Å². The highest BCUT2D eigenvalue weighted by atomic mass is 16.4. The molecule has 2 amide bonds. The summed E-state index contributed by atoms with van der Waals surface area (Å²) in [6, 6.07) is -0.926. The Hall–Kier alpha value is -1.26. The molecule has 0 aromatic rings. The minimum atomic E-state index is -0.887. The third-order valence-corrected chi connectivity index (χ3v) is 2.08. The average Bonchev–Trinajstić information content (AvgIpc) is 1.82. The molecule has 2 atom stereocenters. The van der Waals surface area contributed by atoms with Crippen LogP contribution in [0.3, 0.4) is 0 Å². The fourth-order valence-electron chi connectivity index (χ4n) is 1.50. The lowest BCUT2D eigenvalue weighted by atomic mass is 9.92. The van der Waals surface area contributed by atoms with Crippen molar-refractivity contribution < 1.29 is 14.7 Å². The maximum Gasteiger partial charge on any atom is 0.315 e. The van der Waals surface area contributed by atoms with E-state index in [0.717, 1.165) is 0 Å². The maximum atomic E-state index is 10.8. The largest absolute Gasteiger partial charge is 0.481 e. The van der Waals surface area contributed by atoms with Gasteiger partial charge in [0.2, 0.25) is 0 Å². The van der Waals surface area contributed by atoms with Gasteiger partial charge in [-0.1, -0.05) is 0 Å². The van der Waals surface area contributed by atoms with Gasteiger partial charge >= 0.3 is 12.0 Å². The Morgan fingerprint density at radius 3 is 2.08 bits per heavy atom. The molecule has 5 heteroatoms. The SMILES string of the molecule is CC1NC(=O)NC(C)C1C(=O)O. The van der Waals surface area contributed by atoms with Gasteiger partial charge in [0.1, 0.15) is 0 Å². The maximum absolute atomic E-state index is 10.8. The van der Waals surface area contributed by atoms with Gasteiger partial charge in [-0.15, -0.1) is 0 Å². The van der Waals surface area contributed by atoms with E-state index < -0.39 is 11.9 Å². The summed E-state index contributed by atoms with van der Waals surface area (Å²) in [5.41, 5.74) is 0. The van der Waals surface area contributed by atoms with E-state index in [4.69, 9.17) is 5.11 Å². The van der Waals surface area contributed by atoms with Crippen LogP contribution in [0, 0.1) is 5.92 Å². The molecule has 0 aliphatic carbocycles. The summed E-state index contributed by atoms with van der Waals surface area (Å²) in [7, 11) is 0. The Labute approximate surface area is 70.1 Å². The van der Waals surface area contributed by atoms with Crippen molar-refractivity contribution in [3.63, 3.8) is 0 Å². The molecule has 5 nitrogen and oxygen atoms in total. The van der Waals surface area contributed by atoms with Crippen LogP contribution in [0.4, 0.5) is 4.79 Å². The monoisotopic (exact) mass is 172 g/mol. The highest BCUT2D eigenvalue weighted by Gasteiger charge is 2.36. The van der Waals surface area contributed by atoms with E-state index in [2.05, 4.69) is 10.6 Å². The number of carbonyl (C=O) groups excluding carboxylic acids is 1. The number of carbonyl (C=O) groups is 2. The van der Waals surface area contributed by atoms with Gasteiger partial charge in [0.05, 0.1) is 5.92 Å². The number of carboxylic acid groups (broad SMARTS) is 1. The van der Waals surface area contributed by atoms with Gasteiger partial charge in [-0.25, -0.2) is 4.79 Å². The normalized spacial score (nSPS) is 35.2. The molecule has 2 unspecified atom stereocenters. The molecular weight excluding hydrogens is 160 g/mol. The Morgan fingerprint density at radius 1 is 1.33 bits per heavy atom. The van der Waals surface area contributed by atoms with E-state index in [0.29, 0.717) is 0 Å². The molecule has 0 spiro atoms. The lowest BCUT2D eigenvalue weighted by molar-refractivity contribution is -0.143. The second-order valence-electron chi connectivity index (χ2n) is 3.06. The smallest absolute Gasteiger partial charge is 0.315 e. The second kappa shape index (κ2) is 3.00. The molecule has 0 saturated carbocycles. The topological polar surface area (TPSA) is 78.4 Å². The lowest BCUT2D eigenvalue weighted by Crippen LogP contribution is -2.60. The molecule has 0 aromatic heterocycles. The van der Waals surface area contributed by atoms with Crippen LogP contribution in [-0.2, 0) is 4.79 Å². The Balaban J connectivity index is 2.73. The molecule has 1 aliphatic heterocycles. The van der Waals surface area contributed by atoms with Gasteiger partial charge in [0, 0.05) is 12.1 Å². The van der Waals surface area contributed by atoms with E-state index in [1.807, 2.05) is 0 Å². The van der Waals surface area contributed by atoms with Gasteiger partial charge in [-0.05, 0) is 13.8 Å². The minimum Gasteiger partial charge on any atom is -0.481 e. The molecule has 1 rings (SSSR count). The zero-order valence-electron chi connectivity index (χ0n) is 7.00. The van der Waals surface area contributed by atoms with E-state index >= 15 is 0 Å². The van der Waals surface area contributed by atoms with Crippen molar-refractivity contribution in [2.24, 2.45) is 5.92 Å². The average molecular weight is 172 g/mol. The molecule has 68 valence electrons. The molecule has 12 heavy (non-hydrogen) atoms. The molecule has 0 radical (unpaired) electrons. The number of hydrogen-bond acceptors (Lipinski definition) is 2. The third-order valence-electron chi connectivity index (χ3n) is 2.08. The van der Waals surface area contributed by atoms with Crippen LogP contribution in [0.25, 0.3) is 0 Å². The number of hydrogen-bond donors (Lipinski definition) is 3. The van der Waals surface area contributed by atoms with Crippen LogP contribution in [0.15, 0.2) is 0 Å². The van der Waals surface area contributed by atoms with E-state index in [-0.39, 0.29) is 18.1 Å². The first kappa shape index (κ1) is 8.83. The molecule has 1 saturated heterocycles. The predicted octanol–water partition coefficient (Wildman–Crippen LogP) is -0.223. The van der Waals surface area contributed by atoms with Crippen molar-refractivity contribution in [1.82, 2.24) is 10.6 Å². The third kappa shape index (κ3) is 1.49. The number of aliphatic carboxylic acids is 1. The van der Waals surface area contributed by atoms with E-state index in [1.54, 1.807) is 13.8 Å². The molecule has 0 aromatic carbocycles. The Morgan fingerprint density at radius 2 is 1.75 bits per heavy atom. The van der Waals surface area contributed by atoms with Gasteiger partial charge in [-0.2, -0.15) is 0 Å². The standard InChI is InChI=1S/C7H12N2O3/c1-3-5(6(10)11)4(2)9-7(12)8-3/h3-5H,1-2H3,(H,10,11)(H2,8,9,12). The van der Waals surface area contributed by atoms with Crippen molar-refractivity contribution in [2.75, 3.05) is 0 Å². The first-order chi connectivity index (χ1) is 5.52. The van der Waals surface area contributed by atoms with Crippen LogP contribution >= 0.6 is 0 Å². The van der Waals surface area contributed by atoms with Gasteiger partial charge < -0.3 is 15.7 Å². The molecule has 0 bridgehead atoms. The summed E-state index contributed by atoms with van der Waals surface area (Å²) in [6.45, 7) is 3.38. The lowest BCUT2D eigenvalue weighted by Gasteiger charge is -2.32. The van der Waals surface area contributed by atoms with Crippen LogP contribution in [0.2, 0.25) is 0 Å². The summed E-state index contributed by atoms with van der Waals surface area (Å²) in [5, 5.41) is 13.8. The molecule has 1 aliphatic rings. The number of nitrogens with one attached hydrogen (secondary N) is 2. The van der Waals surface area contributed by atoms with Gasteiger partial charge in [0.15, 0.2) is 0 Å².